The first kappa shape index (κ1) is 13.3. The maximum Gasteiger partial charge on any atom is 0.218 e. The van der Waals surface area contributed by atoms with Gasteiger partial charge in [-0.1, -0.05) is 19.8 Å². The van der Waals surface area contributed by atoms with Gasteiger partial charge < -0.3 is 4.74 Å². The van der Waals surface area contributed by atoms with Crippen LogP contribution in [0.3, 0.4) is 0 Å². The molecule has 0 radical (unpaired) electrons. The normalized spacial score (nSPS) is 27.3. The fourth-order valence-electron chi connectivity index (χ4n) is 2.89. The maximum absolute atomic E-state index is 6.11. The van der Waals surface area contributed by atoms with Crippen LogP contribution in [-0.4, -0.2) is 16.1 Å². The summed E-state index contributed by atoms with van der Waals surface area (Å²) in [6, 6.07) is 1.90. The van der Waals surface area contributed by atoms with Crippen LogP contribution in [0.1, 0.15) is 63.6 Å². The molecular formula is C15H21BrN2O. The van der Waals surface area contributed by atoms with E-state index in [1.54, 1.807) is 0 Å². The first-order valence-corrected chi connectivity index (χ1v) is 8.25. The minimum Gasteiger partial charge on any atom is -0.474 e. The van der Waals surface area contributed by atoms with Crippen molar-refractivity contribution in [1.29, 1.82) is 0 Å². The second-order valence-corrected chi connectivity index (χ2v) is 6.65. The summed E-state index contributed by atoms with van der Waals surface area (Å²) in [6.45, 7) is 2.28. The molecule has 0 saturated heterocycles. The Bertz CT molecular complexity index is 448. The molecule has 2 aliphatic rings. The highest BCUT2D eigenvalue weighted by molar-refractivity contribution is 9.10. The van der Waals surface area contributed by atoms with E-state index in [-0.39, 0.29) is 0 Å². The Hall–Kier alpha value is -0.640. The van der Waals surface area contributed by atoms with Gasteiger partial charge in [0.2, 0.25) is 5.88 Å². The molecule has 2 unspecified atom stereocenters. The summed E-state index contributed by atoms with van der Waals surface area (Å²) in [5, 5.41) is 0. The minimum absolute atomic E-state index is 0.340. The Morgan fingerprint density at radius 3 is 2.84 bits per heavy atom. The fourth-order valence-corrected chi connectivity index (χ4v) is 3.27. The van der Waals surface area contributed by atoms with Gasteiger partial charge in [0.25, 0.3) is 0 Å². The van der Waals surface area contributed by atoms with E-state index in [9.17, 15) is 0 Å². The van der Waals surface area contributed by atoms with Gasteiger partial charge in [-0.3, -0.25) is 0 Å². The highest BCUT2D eigenvalue weighted by atomic mass is 79.9. The van der Waals surface area contributed by atoms with Gasteiger partial charge in [0, 0.05) is 12.0 Å². The van der Waals surface area contributed by atoms with Crippen LogP contribution >= 0.6 is 15.9 Å². The largest absolute Gasteiger partial charge is 0.474 e. The van der Waals surface area contributed by atoms with E-state index in [0.29, 0.717) is 12.0 Å². The quantitative estimate of drug-likeness (QED) is 0.767. The zero-order chi connectivity index (χ0) is 13.2. The summed E-state index contributed by atoms with van der Waals surface area (Å²) in [5.41, 5.74) is 0. The Labute approximate surface area is 123 Å². The lowest BCUT2D eigenvalue weighted by Gasteiger charge is -2.28. The van der Waals surface area contributed by atoms with E-state index >= 15 is 0 Å². The standard InChI is InChI=1S/C15H21BrN2O/c1-2-10-4-3-5-12(8-10)19-14-9-13(16)17-15(18-14)11-6-7-11/h9-12H,2-8H2,1H3. The minimum atomic E-state index is 0.340. The van der Waals surface area contributed by atoms with Crippen LogP contribution in [0.4, 0.5) is 0 Å². The monoisotopic (exact) mass is 324 g/mol. The fraction of sp³-hybridized carbons (Fsp3) is 0.733. The summed E-state index contributed by atoms with van der Waals surface area (Å²) in [7, 11) is 0. The van der Waals surface area contributed by atoms with Gasteiger partial charge in [-0.25, -0.2) is 4.98 Å². The molecule has 0 bridgehead atoms. The van der Waals surface area contributed by atoms with Gasteiger partial charge >= 0.3 is 0 Å². The highest BCUT2D eigenvalue weighted by Crippen LogP contribution is 2.39. The van der Waals surface area contributed by atoms with Crippen molar-refractivity contribution in [3.8, 4) is 5.88 Å². The molecule has 3 nitrogen and oxygen atoms in total. The van der Waals surface area contributed by atoms with Crippen molar-refractivity contribution in [2.75, 3.05) is 0 Å². The van der Waals surface area contributed by atoms with Gasteiger partial charge in [0.1, 0.15) is 16.5 Å². The lowest BCUT2D eigenvalue weighted by Crippen LogP contribution is -2.25. The van der Waals surface area contributed by atoms with Gasteiger partial charge in [-0.15, -0.1) is 0 Å². The molecule has 2 atom stereocenters. The summed E-state index contributed by atoms with van der Waals surface area (Å²) in [5.74, 6) is 3.10. The molecule has 0 amide bonds. The molecule has 1 heterocycles. The average molecular weight is 325 g/mol. The van der Waals surface area contributed by atoms with E-state index in [1.165, 1.54) is 38.5 Å². The number of ether oxygens (including phenoxy) is 1. The van der Waals surface area contributed by atoms with Gasteiger partial charge in [0.05, 0.1) is 0 Å². The lowest BCUT2D eigenvalue weighted by molar-refractivity contribution is 0.116. The number of halogens is 1. The Morgan fingerprint density at radius 1 is 1.26 bits per heavy atom. The van der Waals surface area contributed by atoms with E-state index in [2.05, 4.69) is 32.8 Å². The molecule has 3 rings (SSSR count). The first-order chi connectivity index (χ1) is 9.24. The van der Waals surface area contributed by atoms with Crippen LogP contribution in [0.15, 0.2) is 10.7 Å². The molecule has 19 heavy (non-hydrogen) atoms. The number of nitrogens with zero attached hydrogens (tertiary/aromatic N) is 2. The van der Waals surface area contributed by atoms with Crippen molar-refractivity contribution in [2.45, 2.75) is 63.9 Å². The Balaban J connectivity index is 1.68. The first-order valence-electron chi connectivity index (χ1n) is 7.45. The summed E-state index contributed by atoms with van der Waals surface area (Å²) in [6.07, 6.45) is 9.03. The molecule has 2 fully saturated rings. The topological polar surface area (TPSA) is 35.0 Å². The van der Waals surface area contributed by atoms with Crippen molar-refractivity contribution in [3.63, 3.8) is 0 Å². The van der Waals surface area contributed by atoms with Crippen LogP contribution in [0.2, 0.25) is 0 Å². The molecule has 2 saturated carbocycles. The zero-order valence-electron chi connectivity index (χ0n) is 11.4. The molecule has 0 aliphatic heterocycles. The number of hydrogen-bond acceptors (Lipinski definition) is 3. The third-order valence-corrected chi connectivity index (χ3v) is 4.64. The predicted molar refractivity (Wildman–Crippen MR) is 78.4 cm³/mol. The van der Waals surface area contributed by atoms with Crippen LogP contribution < -0.4 is 4.74 Å². The van der Waals surface area contributed by atoms with Crippen molar-refractivity contribution < 1.29 is 4.74 Å². The SMILES string of the molecule is CCC1CCCC(Oc2cc(Br)nc(C3CC3)n2)C1. The molecule has 104 valence electrons. The van der Waals surface area contributed by atoms with E-state index < -0.39 is 0 Å². The van der Waals surface area contributed by atoms with E-state index in [4.69, 9.17) is 4.74 Å². The smallest absolute Gasteiger partial charge is 0.218 e. The third-order valence-electron chi connectivity index (χ3n) is 4.23. The van der Waals surface area contributed by atoms with Crippen molar-refractivity contribution >= 4 is 15.9 Å². The number of aromatic nitrogens is 2. The maximum atomic E-state index is 6.11. The molecule has 0 spiro atoms. The summed E-state index contributed by atoms with van der Waals surface area (Å²) < 4.78 is 6.96. The van der Waals surface area contributed by atoms with Crippen LogP contribution in [0.5, 0.6) is 5.88 Å². The zero-order valence-corrected chi connectivity index (χ0v) is 13.0. The third kappa shape index (κ3) is 3.47. The Morgan fingerprint density at radius 2 is 2.11 bits per heavy atom. The number of rotatable bonds is 4. The molecule has 0 aromatic carbocycles. The molecule has 0 N–H and O–H groups in total. The summed E-state index contributed by atoms with van der Waals surface area (Å²) >= 11 is 3.47. The van der Waals surface area contributed by atoms with Crippen molar-refractivity contribution in [3.05, 3.63) is 16.5 Å². The predicted octanol–water partition coefficient (Wildman–Crippen LogP) is 4.46. The van der Waals surface area contributed by atoms with Crippen LogP contribution in [0, 0.1) is 5.92 Å². The van der Waals surface area contributed by atoms with Crippen molar-refractivity contribution in [2.24, 2.45) is 5.92 Å². The van der Waals surface area contributed by atoms with E-state index in [0.717, 1.165) is 28.6 Å². The summed E-state index contributed by atoms with van der Waals surface area (Å²) in [4.78, 5) is 9.02. The van der Waals surface area contributed by atoms with Crippen molar-refractivity contribution in [1.82, 2.24) is 9.97 Å². The van der Waals surface area contributed by atoms with Gasteiger partial charge in [-0.2, -0.15) is 4.98 Å². The lowest BCUT2D eigenvalue weighted by atomic mass is 9.85. The molecular weight excluding hydrogens is 304 g/mol. The van der Waals surface area contributed by atoms with Crippen LogP contribution in [0.25, 0.3) is 0 Å². The second kappa shape index (κ2) is 5.78. The van der Waals surface area contributed by atoms with E-state index in [1.807, 2.05) is 6.07 Å². The second-order valence-electron chi connectivity index (χ2n) is 5.84. The molecule has 1 aromatic rings. The highest BCUT2D eigenvalue weighted by Gasteiger charge is 2.28. The average Bonchev–Trinajstić information content (AvgIpc) is 3.22. The number of hydrogen-bond donors (Lipinski definition) is 0. The van der Waals surface area contributed by atoms with Crippen LogP contribution in [-0.2, 0) is 0 Å². The molecule has 1 aromatic heterocycles. The molecule has 2 aliphatic carbocycles. The molecule has 4 heteroatoms. The van der Waals surface area contributed by atoms with Gasteiger partial charge in [-0.05, 0) is 54.0 Å². The van der Waals surface area contributed by atoms with Gasteiger partial charge in [0.15, 0.2) is 0 Å². The Kier molecular flexibility index (Phi) is 4.06.